The molecule has 0 saturated carbocycles. The van der Waals surface area contributed by atoms with Crippen molar-refractivity contribution in [3.8, 4) is 5.75 Å². The van der Waals surface area contributed by atoms with Gasteiger partial charge in [0.2, 0.25) is 0 Å². The number of rotatable bonds is 5. The van der Waals surface area contributed by atoms with Crippen molar-refractivity contribution < 1.29 is 4.74 Å². The lowest BCUT2D eigenvalue weighted by Gasteiger charge is -2.07. The van der Waals surface area contributed by atoms with Gasteiger partial charge in [-0.2, -0.15) is 0 Å². The highest BCUT2D eigenvalue weighted by Gasteiger charge is 2.03. The molecule has 0 aliphatic rings. The van der Waals surface area contributed by atoms with Gasteiger partial charge in [0, 0.05) is 30.2 Å². The Balaban J connectivity index is 1.80. The minimum Gasteiger partial charge on any atom is -0.491 e. The molecule has 0 aliphatic carbocycles. The lowest BCUT2D eigenvalue weighted by molar-refractivity contribution is 0.344. The average molecular weight is 303 g/mol. The molecule has 0 amide bonds. The van der Waals surface area contributed by atoms with Gasteiger partial charge in [-0.15, -0.1) is 0 Å². The van der Waals surface area contributed by atoms with Crippen LogP contribution < -0.4 is 4.74 Å². The van der Waals surface area contributed by atoms with Gasteiger partial charge in [-0.1, -0.05) is 35.0 Å². The first-order chi connectivity index (χ1) is 8.66. The molecular formula is C12H12Cl2N2OS. The minimum absolute atomic E-state index is 0.532. The Kier molecular flexibility index (Phi) is 4.80. The van der Waals surface area contributed by atoms with E-state index in [0.29, 0.717) is 22.4 Å². The molecule has 0 spiro atoms. The third kappa shape index (κ3) is 3.57. The Labute approximate surface area is 120 Å². The van der Waals surface area contributed by atoms with Crippen LogP contribution in [0.5, 0.6) is 5.75 Å². The van der Waals surface area contributed by atoms with Gasteiger partial charge in [-0.05, 0) is 18.2 Å². The van der Waals surface area contributed by atoms with Crippen molar-refractivity contribution in [1.82, 2.24) is 9.55 Å². The van der Waals surface area contributed by atoms with Crippen LogP contribution in [0.2, 0.25) is 10.0 Å². The fourth-order valence-corrected chi connectivity index (χ4v) is 2.58. The zero-order chi connectivity index (χ0) is 13.0. The second kappa shape index (κ2) is 6.36. The van der Waals surface area contributed by atoms with Crippen LogP contribution in [0.3, 0.4) is 0 Å². The topological polar surface area (TPSA) is 27.1 Å². The molecule has 0 atom stereocenters. The molecule has 18 heavy (non-hydrogen) atoms. The van der Waals surface area contributed by atoms with E-state index in [1.807, 2.05) is 17.8 Å². The second-order valence-electron chi connectivity index (χ2n) is 3.59. The molecule has 0 radical (unpaired) electrons. The van der Waals surface area contributed by atoms with Gasteiger partial charge < -0.3 is 9.30 Å². The van der Waals surface area contributed by atoms with Crippen molar-refractivity contribution in [3.05, 3.63) is 40.6 Å². The molecule has 0 bridgehead atoms. The SMILES string of the molecule is Cn1ccnc1SCCOc1ccc(Cl)cc1Cl. The molecule has 6 heteroatoms. The highest BCUT2D eigenvalue weighted by atomic mass is 35.5. The van der Waals surface area contributed by atoms with Crippen molar-refractivity contribution in [1.29, 1.82) is 0 Å². The molecule has 0 aliphatic heterocycles. The van der Waals surface area contributed by atoms with Crippen LogP contribution >= 0.6 is 35.0 Å². The first-order valence-corrected chi connectivity index (χ1v) is 7.09. The van der Waals surface area contributed by atoms with Crippen molar-refractivity contribution in [3.63, 3.8) is 0 Å². The minimum atomic E-state index is 0.532. The van der Waals surface area contributed by atoms with E-state index < -0.39 is 0 Å². The summed E-state index contributed by atoms with van der Waals surface area (Å²) in [4.78, 5) is 4.22. The van der Waals surface area contributed by atoms with Gasteiger partial charge in [0.25, 0.3) is 0 Å². The Bertz CT molecular complexity index is 531. The number of thioether (sulfide) groups is 1. The second-order valence-corrected chi connectivity index (χ2v) is 5.50. The molecule has 3 nitrogen and oxygen atoms in total. The van der Waals surface area contributed by atoms with Gasteiger partial charge in [-0.25, -0.2) is 4.98 Å². The molecule has 1 heterocycles. The molecule has 1 aromatic carbocycles. The van der Waals surface area contributed by atoms with E-state index in [1.54, 1.807) is 36.2 Å². The Morgan fingerprint density at radius 3 is 2.89 bits per heavy atom. The maximum atomic E-state index is 6.00. The molecule has 0 unspecified atom stereocenters. The summed E-state index contributed by atoms with van der Waals surface area (Å²) in [6.07, 6.45) is 3.69. The van der Waals surface area contributed by atoms with Crippen LogP contribution in [-0.2, 0) is 7.05 Å². The zero-order valence-electron chi connectivity index (χ0n) is 9.77. The Hall–Kier alpha value is -0.840. The van der Waals surface area contributed by atoms with E-state index in [9.17, 15) is 0 Å². The first-order valence-electron chi connectivity index (χ1n) is 5.35. The smallest absolute Gasteiger partial charge is 0.167 e. The summed E-state index contributed by atoms with van der Waals surface area (Å²) in [6.45, 7) is 0.568. The predicted molar refractivity (Wildman–Crippen MR) is 75.9 cm³/mol. The maximum absolute atomic E-state index is 6.00. The molecule has 0 N–H and O–H groups in total. The molecule has 1 aromatic heterocycles. The summed E-state index contributed by atoms with van der Waals surface area (Å²) in [5.74, 6) is 1.46. The quantitative estimate of drug-likeness (QED) is 0.619. The number of hydrogen-bond donors (Lipinski definition) is 0. The van der Waals surface area contributed by atoms with E-state index in [4.69, 9.17) is 27.9 Å². The highest BCUT2D eigenvalue weighted by molar-refractivity contribution is 7.99. The van der Waals surface area contributed by atoms with E-state index in [2.05, 4.69) is 4.98 Å². The number of hydrogen-bond acceptors (Lipinski definition) is 3. The number of halogens is 2. The van der Waals surface area contributed by atoms with E-state index in [0.717, 1.165) is 10.9 Å². The summed E-state index contributed by atoms with van der Waals surface area (Å²) in [5, 5.41) is 2.11. The zero-order valence-corrected chi connectivity index (χ0v) is 12.1. The summed E-state index contributed by atoms with van der Waals surface area (Å²) < 4.78 is 7.55. The fourth-order valence-electron chi connectivity index (χ4n) is 1.37. The van der Waals surface area contributed by atoms with E-state index in [1.165, 1.54) is 0 Å². The van der Waals surface area contributed by atoms with Crippen molar-refractivity contribution in [2.45, 2.75) is 5.16 Å². The Morgan fingerprint density at radius 1 is 1.39 bits per heavy atom. The first kappa shape index (κ1) is 13.6. The van der Waals surface area contributed by atoms with Crippen LogP contribution in [0, 0.1) is 0 Å². The number of benzene rings is 1. The number of ether oxygens (including phenoxy) is 1. The molecule has 0 fully saturated rings. The van der Waals surface area contributed by atoms with Crippen molar-refractivity contribution >= 4 is 35.0 Å². The maximum Gasteiger partial charge on any atom is 0.167 e. The van der Waals surface area contributed by atoms with Gasteiger partial charge in [0.05, 0.1) is 11.6 Å². The number of imidazole rings is 1. The van der Waals surface area contributed by atoms with Crippen LogP contribution in [0.15, 0.2) is 35.7 Å². The van der Waals surface area contributed by atoms with E-state index >= 15 is 0 Å². The van der Waals surface area contributed by atoms with Crippen LogP contribution in [-0.4, -0.2) is 21.9 Å². The summed E-state index contributed by atoms with van der Waals surface area (Å²) >= 11 is 13.4. The largest absolute Gasteiger partial charge is 0.491 e. The predicted octanol–water partition coefficient (Wildman–Crippen LogP) is 3.90. The van der Waals surface area contributed by atoms with Crippen LogP contribution in [0.1, 0.15) is 0 Å². The number of nitrogens with zero attached hydrogens (tertiary/aromatic N) is 2. The normalized spacial score (nSPS) is 10.6. The summed E-state index contributed by atoms with van der Waals surface area (Å²) in [6, 6.07) is 5.20. The Morgan fingerprint density at radius 2 is 2.22 bits per heavy atom. The standard InChI is InChI=1S/C12H12Cl2N2OS/c1-16-5-4-15-12(16)18-7-6-17-11-3-2-9(13)8-10(11)14/h2-5,8H,6-7H2,1H3. The van der Waals surface area contributed by atoms with Gasteiger partial charge in [0.15, 0.2) is 5.16 Å². The lowest BCUT2D eigenvalue weighted by Crippen LogP contribution is -2.01. The number of aryl methyl sites for hydroxylation is 1. The van der Waals surface area contributed by atoms with Crippen molar-refractivity contribution in [2.24, 2.45) is 7.05 Å². The lowest BCUT2D eigenvalue weighted by atomic mass is 10.3. The van der Waals surface area contributed by atoms with Crippen LogP contribution in [0.4, 0.5) is 0 Å². The molecule has 2 rings (SSSR count). The third-order valence-corrected chi connectivity index (χ3v) is 3.80. The fraction of sp³-hybridized carbons (Fsp3) is 0.250. The van der Waals surface area contributed by atoms with Gasteiger partial charge in [0.1, 0.15) is 5.75 Å². The monoisotopic (exact) mass is 302 g/mol. The van der Waals surface area contributed by atoms with Gasteiger partial charge >= 0.3 is 0 Å². The molecule has 0 saturated heterocycles. The van der Waals surface area contributed by atoms with Gasteiger partial charge in [-0.3, -0.25) is 0 Å². The molecule has 96 valence electrons. The number of aromatic nitrogens is 2. The molecule has 2 aromatic rings. The summed E-state index contributed by atoms with van der Waals surface area (Å²) in [5.41, 5.74) is 0. The van der Waals surface area contributed by atoms with Crippen LogP contribution in [0.25, 0.3) is 0 Å². The summed E-state index contributed by atoms with van der Waals surface area (Å²) in [7, 11) is 1.96. The van der Waals surface area contributed by atoms with Crippen molar-refractivity contribution in [2.75, 3.05) is 12.4 Å². The molecular weight excluding hydrogens is 291 g/mol. The van der Waals surface area contributed by atoms with E-state index in [-0.39, 0.29) is 0 Å². The third-order valence-electron chi connectivity index (χ3n) is 2.24. The average Bonchev–Trinajstić information content (AvgIpc) is 2.73. The highest BCUT2D eigenvalue weighted by Crippen LogP contribution is 2.27.